The van der Waals surface area contributed by atoms with Gasteiger partial charge in [-0.15, -0.1) is 0 Å². The van der Waals surface area contributed by atoms with Gasteiger partial charge in [-0.25, -0.2) is 0 Å². The van der Waals surface area contributed by atoms with Gasteiger partial charge >= 0.3 is 6.18 Å². The van der Waals surface area contributed by atoms with Crippen LogP contribution in [-0.2, 0) is 11.2 Å². The first-order chi connectivity index (χ1) is 9.44. The maximum Gasteiger partial charge on any atom is 0.389 e. The Morgan fingerprint density at radius 3 is 2.85 bits per heavy atom. The zero-order valence-corrected chi connectivity index (χ0v) is 11.0. The minimum Gasteiger partial charge on any atom is -0.326 e. The van der Waals surface area contributed by atoms with E-state index in [2.05, 4.69) is 10.6 Å². The number of amides is 1. The number of anilines is 1. The van der Waals surface area contributed by atoms with Crippen molar-refractivity contribution in [1.29, 1.82) is 0 Å². The summed E-state index contributed by atoms with van der Waals surface area (Å²) in [6.45, 7) is 1.48. The van der Waals surface area contributed by atoms with Gasteiger partial charge in [0.1, 0.15) is 0 Å². The van der Waals surface area contributed by atoms with Gasteiger partial charge in [-0.1, -0.05) is 12.1 Å². The van der Waals surface area contributed by atoms with Crippen molar-refractivity contribution < 1.29 is 18.0 Å². The highest BCUT2D eigenvalue weighted by Crippen LogP contribution is 2.23. The molecule has 2 rings (SSSR count). The van der Waals surface area contributed by atoms with Crippen molar-refractivity contribution in [3.05, 3.63) is 29.8 Å². The largest absolute Gasteiger partial charge is 0.389 e. The van der Waals surface area contributed by atoms with Crippen LogP contribution in [0.5, 0.6) is 0 Å². The molecular formula is C14H17F3N2O. The van der Waals surface area contributed by atoms with Gasteiger partial charge in [-0.3, -0.25) is 4.79 Å². The van der Waals surface area contributed by atoms with Gasteiger partial charge in [0, 0.05) is 18.7 Å². The van der Waals surface area contributed by atoms with Crippen LogP contribution < -0.4 is 10.6 Å². The average Bonchev–Trinajstić information content (AvgIpc) is 2.90. The summed E-state index contributed by atoms with van der Waals surface area (Å²) in [6, 6.07) is 6.59. The summed E-state index contributed by atoms with van der Waals surface area (Å²) >= 11 is 0. The first kappa shape index (κ1) is 14.8. The number of hydrogen-bond acceptors (Lipinski definition) is 2. The van der Waals surface area contributed by atoms with Crippen LogP contribution in [0.4, 0.5) is 18.9 Å². The monoisotopic (exact) mass is 286 g/mol. The second-order valence-electron chi connectivity index (χ2n) is 4.99. The SMILES string of the molecule is O=C(Nc1cccc(CCC(F)(F)F)c1)C1CCNC1. The zero-order valence-electron chi connectivity index (χ0n) is 11.0. The Morgan fingerprint density at radius 1 is 1.40 bits per heavy atom. The smallest absolute Gasteiger partial charge is 0.326 e. The van der Waals surface area contributed by atoms with Gasteiger partial charge in [0.2, 0.25) is 5.91 Å². The number of aryl methyl sites for hydroxylation is 1. The molecule has 3 nitrogen and oxygen atoms in total. The maximum absolute atomic E-state index is 12.2. The van der Waals surface area contributed by atoms with Gasteiger partial charge < -0.3 is 10.6 Å². The van der Waals surface area contributed by atoms with Crippen LogP contribution in [0.1, 0.15) is 18.4 Å². The lowest BCUT2D eigenvalue weighted by molar-refractivity contribution is -0.134. The number of hydrogen-bond donors (Lipinski definition) is 2. The molecule has 1 aromatic rings. The van der Waals surface area contributed by atoms with E-state index in [0.29, 0.717) is 17.8 Å². The van der Waals surface area contributed by atoms with Crippen molar-refractivity contribution in [3.8, 4) is 0 Å². The summed E-state index contributed by atoms with van der Waals surface area (Å²) in [5.41, 5.74) is 1.13. The van der Waals surface area contributed by atoms with E-state index in [9.17, 15) is 18.0 Å². The molecule has 1 fully saturated rings. The van der Waals surface area contributed by atoms with Crippen LogP contribution in [0.3, 0.4) is 0 Å². The zero-order chi connectivity index (χ0) is 14.6. The predicted molar refractivity (Wildman–Crippen MR) is 70.4 cm³/mol. The van der Waals surface area contributed by atoms with Crippen molar-refractivity contribution in [2.75, 3.05) is 18.4 Å². The Labute approximate surface area is 115 Å². The number of carbonyl (C=O) groups is 1. The average molecular weight is 286 g/mol. The number of nitrogens with one attached hydrogen (secondary N) is 2. The van der Waals surface area contributed by atoms with Gasteiger partial charge in [0.25, 0.3) is 0 Å². The molecule has 0 aliphatic carbocycles. The molecule has 6 heteroatoms. The molecule has 1 aliphatic rings. The molecule has 0 bridgehead atoms. The van der Waals surface area contributed by atoms with Crippen LogP contribution >= 0.6 is 0 Å². The second kappa shape index (κ2) is 6.26. The molecule has 0 saturated carbocycles. The van der Waals surface area contributed by atoms with E-state index in [1.165, 1.54) is 0 Å². The van der Waals surface area contributed by atoms with Crippen molar-refractivity contribution in [2.24, 2.45) is 5.92 Å². The van der Waals surface area contributed by atoms with E-state index in [1.807, 2.05) is 0 Å². The third-order valence-electron chi connectivity index (χ3n) is 3.32. The highest BCUT2D eigenvalue weighted by Gasteiger charge is 2.26. The highest BCUT2D eigenvalue weighted by atomic mass is 19.4. The van der Waals surface area contributed by atoms with E-state index < -0.39 is 12.6 Å². The Balaban J connectivity index is 1.93. The lowest BCUT2D eigenvalue weighted by Crippen LogP contribution is -2.24. The molecular weight excluding hydrogens is 269 g/mol. The van der Waals surface area contributed by atoms with E-state index in [-0.39, 0.29) is 18.2 Å². The molecule has 1 amide bonds. The fraction of sp³-hybridized carbons (Fsp3) is 0.500. The number of halogens is 3. The Morgan fingerprint density at radius 2 is 2.20 bits per heavy atom. The van der Waals surface area contributed by atoms with Gasteiger partial charge in [0.05, 0.1) is 5.92 Å². The van der Waals surface area contributed by atoms with Crippen molar-refractivity contribution in [2.45, 2.75) is 25.4 Å². The molecule has 1 atom stereocenters. The standard InChI is InChI=1S/C14H17F3N2O/c15-14(16,17)6-4-10-2-1-3-12(8-10)19-13(20)11-5-7-18-9-11/h1-3,8,11,18H,4-7,9H2,(H,19,20). The third-order valence-corrected chi connectivity index (χ3v) is 3.32. The van der Waals surface area contributed by atoms with E-state index >= 15 is 0 Å². The summed E-state index contributed by atoms with van der Waals surface area (Å²) < 4.78 is 36.5. The van der Waals surface area contributed by atoms with Gasteiger partial charge in [-0.2, -0.15) is 13.2 Å². The second-order valence-corrected chi connectivity index (χ2v) is 4.99. The Hall–Kier alpha value is -1.56. The quantitative estimate of drug-likeness (QED) is 0.893. The molecule has 1 aromatic carbocycles. The molecule has 1 aliphatic heterocycles. The van der Waals surface area contributed by atoms with Crippen molar-refractivity contribution in [1.82, 2.24) is 5.32 Å². The topological polar surface area (TPSA) is 41.1 Å². The van der Waals surface area contributed by atoms with Crippen LogP contribution in [0.15, 0.2) is 24.3 Å². The summed E-state index contributed by atoms with van der Waals surface area (Å²) in [5, 5.41) is 5.86. The number of carbonyl (C=O) groups excluding carboxylic acids is 1. The van der Waals surface area contributed by atoms with Crippen molar-refractivity contribution in [3.63, 3.8) is 0 Å². The van der Waals surface area contributed by atoms with Crippen LogP contribution in [0.25, 0.3) is 0 Å². The number of benzene rings is 1. The molecule has 0 aromatic heterocycles. The Kier molecular flexibility index (Phi) is 4.65. The molecule has 0 spiro atoms. The molecule has 1 heterocycles. The summed E-state index contributed by atoms with van der Waals surface area (Å²) in [5.74, 6) is -0.142. The van der Waals surface area contributed by atoms with Crippen LogP contribution in [0, 0.1) is 5.92 Å². The molecule has 1 saturated heterocycles. The summed E-state index contributed by atoms with van der Waals surface area (Å²) in [4.78, 5) is 11.9. The van der Waals surface area contributed by atoms with Crippen LogP contribution in [0.2, 0.25) is 0 Å². The predicted octanol–water partition coefficient (Wildman–Crippen LogP) is 2.73. The molecule has 2 N–H and O–H groups in total. The van der Waals surface area contributed by atoms with Crippen LogP contribution in [-0.4, -0.2) is 25.2 Å². The summed E-state index contributed by atoms with van der Waals surface area (Å²) in [6.07, 6.45) is -4.29. The number of rotatable bonds is 4. The minimum absolute atomic E-state index is 0.0613. The van der Waals surface area contributed by atoms with E-state index in [1.54, 1.807) is 24.3 Å². The molecule has 1 unspecified atom stereocenters. The fourth-order valence-corrected chi connectivity index (χ4v) is 2.21. The lowest BCUT2D eigenvalue weighted by atomic mass is 10.1. The fourth-order valence-electron chi connectivity index (χ4n) is 2.21. The van der Waals surface area contributed by atoms with E-state index in [4.69, 9.17) is 0 Å². The van der Waals surface area contributed by atoms with Gasteiger partial charge in [0.15, 0.2) is 0 Å². The lowest BCUT2D eigenvalue weighted by Gasteiger charge is -2.11. The first-order valence-electron chi connectivity index (χ1n) is 6.61. The first-order valence-corrected chi connectivity index (χ1v) is 6.61. The normalized spacial score (nSPS) is 19.1. The minimum atomic E-state index is -4.16. The van der Waals surface area contributed by atoms with Gasteiger partial charge in [-0.05, 0) is 37.1 Å². The van der Waals surface area contributed by atoms with Crippen molar-refractivity contribution >= 4 is 11.6 Å². The third kappa shape index (κ3) is 4.52. The molecule has 110 valence electrons. The maximum atomic E-state index is 12.2. The number of alkyl halides is 3. The molecule has 20 heavy (non-hydrogen) atoms. The Bertz CT molecular complexity index is 468. The highest BCUT2D eigenvalue weighted by molar-refractivity contribution is 5.92. The summed E-state index contributed by atoms with van der Waals surface area (Å²) in [7, 11) is 0. The molecule has 0 radical (unpaired) electrons. The van der Waals surface area contributed by atoms with E-state index in [0.717, 1.165) is 13.0 Å².